The normalized spacial score (nSPS) is 26.1. The van der Waals surface area contributed by atoms with E-state index in [1.807, 2.05) is 25.1 Å². The third-order valence-corrected chi connectivity index (χ3v) is 8.48. The first-order valence-electron chi connectivity index (χ1n) is 10.9. The van der Waals surface area contributed by atoms with Gasteiger partial charge in [-0.25, -0.2) is 8.42 Å². The van der Waals surface area contributed by atoms with Crippen LogP contribution >= 0.6 is 0 Å². The maximum absolute atomic E-state index is 13.7. The van der Waals surface area contributed by atoms with Gasteiger partial charge in [-0.05, 0) is 69.6 Å². The highest BCUT2D eigenvalue weighted by molar-refractivity contribution is 7.89. The first kappa shape index (κ1) is 21.1. The van der Waals surface area contributed by atoms with Gasteiger partial charge in [0.25, 0.3) is 0 Å². The average Bonchev–Trinajstić information content (AvgIpc) is 3.10. The topological polar surface area (TPSA) is 37.4 Å². The van der Waals surface area contributed by atoms with Crippen LogP contribution in [0.5, 0.6) is 0 Å². The number of hydrogen-bond donors (Lipinski definition) is 0. The largest absolute Gasteiger partial charge is 0.243 e. The second kappa shape index (κ2) is 8.91. The van der Waals surface area contributed by atoms with Crippen LogP contribution in [0.15, 0.2) is 82.8 Å². The number of allylic oxidation sites excluding steroid dienone is 3. The highest BCUT2D eigenvalue weighted by atomic mass is 32.2. The summed E-state index contributed by atoms with van der Waals surface area (Å²) in [5.74, 6) is 0.305. The second-order valence-corrected chi connectivity index (χ2v) is 10.5. The van der Waals surface area contributed by atoms with Crippen molar-refractivity contribution in [2.75, 3.05) is 6.54 Å². The van der Waals surface area contributed by atoms with E-state index >= 15 is 0 Å². The van der Waals surface area contributed by atoms with Crippen molar-refractivity contribution in [2.45, 2.75) is 56.9 Å². The minimum absolute atomic E-state index is 0.00737. The summed E-state index contributed by atoms with van der Waals surface area (Å²) in [4.78, 5) is 0.406. The summed E-state index contributed by atoms with van der Waals surface area (Å²) in [6.07, 6.45) is 9.19. The van der Waals surface area contributed by atoms with E-state index in [2.05, 4.69) is 43.3 Å². The van der Waals surface area contributed by atoms with Gasteiger partial charge in [-0.3, -0.25) is 0 Å². The molecule has 0 N–H and O–H groups in total. The van der Waals surface area contributed by atoms with Crippen LogP contribution in [-0.2, 0) is 16.4 Å². The summed E-state index contributed by atoms with van der Waals surface area (Å²) in [5.41, 5.74) is 5.02. The molecule has 1 saturated heterocycles. The van der Waals surface area contributed by atoms with E-state index in [1.54, 1.807) is 16.4 Å². The molecule has 2 aliphatic rings. The average molecular weight is 422 g/mol. The third-order valence-electron chi connectivity index (χ3n) is 6.59. The summed E-state index contributed by atoms with van der Waals surface area (Å²) in [5, 5.41) is 0. The van der Waals surface area contributed by atoms with E-state index in [1.165, 1.54) is 16.7 Å². The number of fused-ring (bicyclic) bond motifs is 1. The van der Waals surface area contributed by atoms with Gasteiger partial charge < -0.3 is 0 Å². The maximum Gasteiger partial charge on any atom is 0.243 e. The fourth-order valence-corrected chi connectivity index (χ4v) is 6.52. The molecule has 1 aliphatic heterocycles. The van der Waals surface area contributed by atoms with Gasteiger partial charge in [0.1, 0.15) is 0 Å². The second-order valence-electron chi connectivity index (χ2n) is 8.62. The lowest BCUT2D eigenvalue weighted by atomic mass is 9.84. The van der Waals surface area contributed by atoms with E-state index in [0.29, 0.717) is 17.4 Å². The predicted octanol–water partition coefficient (Wildman–Crippen LogP) is 5.67. The molecule has 30 heavy (non-hydrogen) atoms. The van der Waals surface area contributed by atoms with Crippen molar-refractivity contribution in [2.24, 2.45) is 5.92 Å². The molecule has 1 fully saturated rings. The van der Waals surface area contributed by atoms with Crippen molar-refractivity contribution in [3.05, 3.63) is 89.0 Å². The minimum Gasteiger partial charge on any atom is -0.207 e. The van der Waals surface area contributed by atoms with Crippen LogP contribution in [0, 0.1) is 12.8 Å². The molecular formula is C26H31NO2S. The van der Waals surface area contributed by atoms with Crippen LogP contribution in [0.3, 0.4) is 0 Å². The van der Waals surface area contributed by atoms with Crippen molar-refractivity contribution in [3.8, 4) is 0 Å². The van der Waals surface area contributed by atoms with Gasteiger partial charge in [0, 0.05) is 12.6 Å². The number of aryl methyl sites for hydroxylation is 2. The molecule has 4 rings (SSSR count). The zero-order chi connectivity index (χ0) is 21.1. The fourth-order valence-electron chi connectivity index (χ4n) is 4.85. The summed E-state index contributed by atoms with van der Waals surface area (Å²) in [7, 11) is -3.54. The van der Waals surface area contributed by atoms with Gasteiger partial charge in [0.2, 0.25) is 10.0 Å². The fraction of sp³-hybridized carbons (Fsp3) is 0.385. The van der Waals surface area contributed by atoms with Crippen molar-refractivity contribution in [1.82, 2.24) is 4.31 Å². The number of benzene rings is 2. The molecule has 0 saturated carbocycles. The summed E-state index contributed by atoms with van der Waals surface area (Å²) in [6.45, 7) is 4.69. The molecule has 4 heteroatoms. The molecule has 2 aromatic carbocycles. The van der Waals surface area contributed by atoms with E-state index in [-0.39, 0.29) is 6.04 Å². The standard InChI is InChI=1S/C26H31NO2S/c1-20-13-16-23(17-14-20)30(28,29)27-19-25-21(2)9-5-3-8-12-24(25)26(27)18-15-22-10-6-4-7-11-22/h3-7,10-11,13-14,16-17,24,26H,8-9,12,15,18-19H2,1-2H3/b5-3-,25-21-/t24-,26+/m0/s1. The van der Waals surface area contributed by atoms with E-state index in [4.69, 9.17) is 0 Å². The third kappa shape index (κ3) is 4.30. The molecule has 0 amide bonds. The van der Waals surface area contributed by atoms with Crippen LogP contribution in [0.25, 0.3) is 0 Å². The summed E-state index contributed by atoms with van der Waals surface area (Å²) in [6, 6.07) is 17.7. The molecule has 0 spiro atoms. The van der Waals surface area contributed by atoms with E-state index in [0.717, 1.165) is 37.7 Å². The Morgan fingerprint density at radius 1 is 0.967 bits per heavy atom. The van der Waals surface area contributed by atoms with Gasteiger partial charge >= 0.3 is 0 Å². The van der Waals surface area contributed by atoms with Crippen molar-refractivity contribution >= 4 is 10.0 Å². The number of hydrogen-bond acceptors (Lipinski definition) is 2. The molecule has 2 aromatic rings. The molecule has 0 bridgehead atoms. The number of rotatable bonds is 5. The van der Waals surface area contributed by atoms with Gasteiger partial charge in [-0.15, -0.1) is 0 Å². The van der Waals surface area contributed by atoms with Gasteiger partial charge in [-0.1, -0.05) is 71.3 Å². The molecule has 0 unspecified atom stereocenters. The van der Waals surface area contributed by atoms with E-state index < -0.39 is 10.0 Å². The first-order valence-corrected chi connectivity index (χ1v) is 12.4. The Hall–Kier alpha value is -2.17. The van der Waals surface area contributed by atoms with Crippen molar-refractivity contribution in [1.29, 1.82) is 0 Å². The molecular weight excluding hydrogens is 390 g/mol. The monoisotopic (exact) mass is 421 g/mol. The molecule has 2 atom stereocenters. The Morgan fingerprint density at radius 3 is 2.43 bits per heavy atom. The highest BCUT2D eigenvalue weighted by Gasteiger charge is 2.44. The molecule has 0 radical (unpaired) electrons. The van der Waals surface area contributed by atoms with Crippen LogP contribution in [0.1, 0.15) is 43.7 Å². The molecule has 1 heterocycles. The first-order chi connectivity index (χ1) is 14.5. The molecule has 3 nitrogen and oxygen atoms in total. The number of nitrogens with zero attached hydrogens (tertiary/aromatic N) is 1. The Bertz CT molecular complexity index is 1040. The quantitative estimate of drug-likeness (QED) is 0.583. The lowest BCUT2D eigenvalue weighted by Gasteiger charge is -2.28. The van der Waals surface area contributed by atoms with Crippen LogP contribution < -0.4 is 0 Å². The predicted molar refractivity (Wildman–Crippen MR) is 123 cm³/mol. The lowest BCUT2D eigenvalue weighted by Crippen LogP contribution is -2.38. The van der Waals surface area contributed by atoms with Crippen molar-refractivity contribution in [3.63, 3.8) is 0 Å². The zero-order valence-corrected chi connectivity index (χ0v) is 18.7. The number of sulfonamides is 1. The highest BCUT2D eigenvalue weighted by Crippen LogP contribution is 2.41. The van der Waals surface area contributed by atoms with Crippen LogP contribution in [-0.4, -0.2) is 25.3 Å². The molecule has 158 valence electrons. The Balaban J connectivity index is 1.69. The lowest BCUT2D eigenvalue weighted by molar-refractivity contribution is 0.313. The SMILES string of the molecule is C/C1=C2\CN(S(=O)(=O)c3ccc(C)cc3)[C@H](CCc3ccccc3)[C@H]2CC/C=C\C1. The Morgan fingerprint density at radius 2 is 1.70 bits per heavy atom. The van der Waals surface area contributed by atoms with Gasteiger partial charge in [0.15, 0.2) is 0 Å². The van der Waals surface area contributed by atoms with E-state index in [9.17, 15) is 8.42 Å². The smallest absolute Gasteiger partial charge is 0.207 e. The molecule has 0 aromatic heterocycles. The summed E-state index contributed by atoms with van der Waals surface area (Å²) >= 11 is 0. The zero-order valence-electron chi connectivity index (χ0n) is 17.9. The summed E-state index contributed by atoms with van der Waals surface area (Å²) < 4.78 is 29.2. The molecule has 1 aliphatic carbocycles. The van der Waals surface area contributed by atoms with Gasteiger partial charge in [0.05, 0.1) is 4.90 Å². The maximum atomic E-state index is 13.7. The van der Waals surface area contributed by atoms with Gasteiger partial charge in [-0.2, -0.15) is 4.31 Å². The Kier molecular flexibility index (Phi) is 6.26. The minimum atomic E-state index is -3.54. The van der Waals surface area contributed by atoms with Crippen molar-refractivity contribution < 1.29 is 8.42 Å². The Labute approximate surface area is 181 Å². The van der Waals surface area contributed by atoms with Crippen LogP contribution in [0.2, 0.25) is 0 Å². The van der Waals surface area contributed by atoms with Crippen LogP contribution in [0.4, 0.5) is 0 Å².